The quantitative estimate of drug-likeness (QED) is 0.787. The predicted molar refractivity (Wildman–Crippen MR) is 54.1 cm³/mol. The lowest BCUT2D eigenvalue weighted by atomic mass is 9.87. The van der Waals surface area contributed by atoms with Crippen LogP contribution in [0.4, 0.5) is 6.01 Å². The average molecular weight is 195 g/mol. The summed E-state index contributed by atoms with van der Waals surface area (Å²) in [6, 6.07) is 1.02. The van der Waals surface area contributed by atoms with E-state index < -0.39 is 0 Å². The monoisotopic (exact) mass is 195 g/mol. The molecule has 0 bridgehead atoms. The van der Waals surface area contributed by atoms with Crippen LogP contribution in [0.5, 0.6) is 0 Å². The molecule has 2 rings (SSSR count). The van der Waals surface area contributed by atoms with Crippen molar-refractivity contribution in [3.8, 4) is 0 Å². The highest BCUT2D eigenvalue weighted by molar-refractivity contribution is 5.22. The lowest BCUT2D eigenvalue weighted by molar-refractivity contribution is 0.337. The molecule has 4 heteroatoms. The van der Waals surface area contributed by atoms with Gasteiger partial charge in [0.2, 0.25) is 0 Å². The molecule has 1 atom stereocenters. The minimum Gasteiger partial charge on any atom is -0.334 e. The fraction of sp³-hybridized carbons (Fsp3) is 0.800. The summed E-state index contributed by atoms with van der Waals surface area (Å²) < 4.78 is 5.05. The third-order valence-electron chi connectivity index (χ3n) is 3.08. The van der Waals surface area contributed by atoms with Crippen LogP contribution in [0, 0.1) is 12.3 Å². The highest BCUT2D eigenvalue weighted by Crippen LogP contribution is 2.38. The standard InChI is InChI=1S/C10H17N3O/c1-7-11-9(14-13-7)12-8-5-4-6-10(8,2)3/h8H,4-6H2,1-3H3,(H,11,12,13). The van der Waals surface area contributed by atoms with Gasteiger partial charge in [0.05, 0.1) is 0 Å². The van der Waals surface area contributed by atoms with Crippen LogP contribution in [0.15, 0.2) is 4.52 Å². The van der Waals surface area contributed by atoms with Crippen LogP contribution in [0.2, 0.25) is 0 Å². The summed E-state index contributed by atoms with van der Waals surface area (Å²) in [5.41, 5.74) is 0.336. The van der Waals surface area contributed by atoms with E-state index in [-0.39, 0.29) is 0 Å². The number of nitrogens with zero attached hydrogens (tertiary/aromatic N) is 2. The van der Waals surface area contributed by atoms with Gasteiger partial charge < -0.3 is 9.84 Å². The topological polar surface area (TPSA) is 51.0 Å². The molecular formula is C10H17N3O. The average Bonchev–Trinajstić information content (AvgIpc) is 2.61. The van der Waals surface area contributed by atoms with E-state index in [4.69, 9.17) is 4.52 Å². The van der Waals surface area contributed by atoms with Gasteiger partial charge in [-0.25, -0.2) is 0 Å². The molecule has 1 unspecified atom stereocenters. The van der Waals surface area contributed by atoms with Crippen molar-refractivity contribution in [3.05, 3.63) is 5.82 Å². The molecule has 0 amide bonds. The van der Waals surface area contributed by atoms with E-state index in [1.807, 2.05) is 6.92 Å². The zero-order valence-corrected chi connectivity index (χ0v) is 9.00. The number of hydrogen-bond acceptors (Lipinski definition) is 4. The summed E-state index contributed by atoms with van der Waals surface area (Å²) in [4.78, 5) is 4.15. The van der Waals surface area contributed by atoms with E-state index in [9.17, 15) is 0 Å². The Morgan fingerprint density at radius 1 is 1.50 bits per heavy atom. The molecule has 0 aliphatic heterocycles. The smallest absolute Gasteiger partial charge is 0.321 e. The Morgan fingerprint density at radius 3 is 2.79 bits per heavy atom. The van der Waals surface area contributed by atoms with Crippen molar-refractivity contribution in [2.75, 3.05) is 5.32 Å². The maximum absolute atomic E-state index is 5.05. The molecule has 1 aromatic heterocycles. The second-order valence-corrected chi connectivity index (χ2v) is 4.72. The molecule has 4 nitrogen and oxygen atoms in total. The van der Waals surface area contributed by atoms with Crippen LogP contribution >= 0.6 is 0 Å². The highest BCUT2D eigenvalue weighted by Gasteiger charge is 2.35. The van der Waals surface area contributed by atoms with Gasteiger partial charge in [0.15, 0.2) is 5.82 Å². The Bertz CT molecular complexity index is 319. The number of hydrogen-bond donors (Lipinski definition) is 1. The van der Waals surface area contributed by atoms with Crippen molar-refractivity contribution >= 4 is 6.01 Å². The highest BCUT2D eigenvalue weighted by atomic mass is 16.5. The van der Waals surface area contributed by atoms with Gasteiger partial charge >= 0.3 is 6.01 Å². The van der Waals surface area contributed by atoms with E-state index in [1.165, 1.54) is 19.3 Å². The largest absolute Gasteiger partial charge is 0.334 e. The van der Waals surface area contributed by atoms with Crippen LogP contribution in [-0.4, -0.2) is 16.2 Å². The van der Waals surface area contributed by atoms with Crippen molar-refractivity contribution in [2.45, 2.75) is 46.1 Å². The van der Waals surface area contributed by atoms with Crippen molar-refractivity contribution in [3.63, 3.8) is 0 Å². The van der Waals surface area contributed by atoms with E-state index in [0.717, 1.165) is 0 Å². The molecule has 1 heterocycles. The normalized spacial score (nSPS) is 25.2. The fourth-order valence-electron chi connectivity index (χ4n) is 2.10. The fourth-order valence-corrected chi connectivity index (χ4v) is 2.10. The maximum atomic E-state index is 5.05. The summed E-state index contributed by atoms with van der Waals surface area (Å²) in [6.45, 7) is 6.39. The van der Waals surface area contributed by atoms with E-state index in [1.54, 1.807) is 0 Å². The van der Waals surface area contributed by atoms with Crippen LogP contribution in [0.25, 0.3) is 0 Å². The first-order valence-electron chi connectivity index (χ1n) is 5.15. The van der Waals surface area contributed by atoms with Crippen LogP contribution in [0.3, 0.4) is 0 Å². The Kier molecular flexibility index (Phi) is 2.21. The maximum Gasteiger partial charge on any atom is 0.321 e. The first-order chi connectivity index (χ1) is 6.58. The van der Waals surface area contributed by atoms with Crippen molar-refractivity contribution in [1.29, 1.82) is 0 Å². The molecule has 1 aliphatic carbocycles. The van der Waals surface area contributed by atoms with Gasteiger partial charge in [-0.15, -0.1) is 0 Å². The zero-order chi connectivity index (χ0) is 10.2. The van der Waals surface area contributed by atoms with Gasteiger partial charge in [-0.1, -0.05) is 25.4 Å². The molecule has 1 saturated carbocycles. The summed E-state index contributed by atoms with van der Waals surface area (Å²) in [5.74, 6) is 0.684. The van der Waals surface area contributed by atoms with Crippen LogP contribution in [-0.2, 0) is 0 Å². The van der Waals surface area contributed by atoms with Gasteiger partial charge in [0.25, 0.3) is 0 Å². The predicted octanol–water partition coefficient (Wildman–Crippen LogP) is 2.37. The molecule has 14 heavy (non-hydrogen) atoms. The lowest BCUT2D eigenvalue weighted by Crippen LogP contribution is -2.30. The first kappa shape index (κ1) is 9.49. The first-order valence-corrected chi connectivity index (χ1v) is 5.15. The molecule has 1 fully saturated rings. The second-order valence-electron chi connectivity index (χ2n) is 4.72. The van der Waals surface area contributed by atoms with E-state index >= 15 is 0 Å². The molecule has 0 saturated heterocycles. The van der Waals surface area contributed by atoms with Gasteiger partial charge in [-0.3, -0.25) is 0 Å². The SMILES string of the molecule is Cc1noc(NC2CCCC2(C)C)n1. The van der Waals surface area contributed by atoms with Gasteiger partial charge in [-0.2, -0.15) is 4.98 Å². The second kappa shape index (κ2) is 3.26. The number of aryl methyl sites for hydroxylation is 1. The van der Waals surface area contributed by atoms with Crippen molar-refractivity contribution < 1.29 is 4.52 Å². The van der Waals surface area contributed by atoms with E-state index in [2.05, 4.69) is 29.3 Å². The molecule has 1 aromatic rings. The molecule has 0 radical (unpaired) electrons. The molecule has 1 aliphatic rings. The summed E-state index contributed by atoms with van der Waals surface area (Å²) in [7, 11) is 0. The summed E-state index contributed by atoms with van der Waals surface area (Å²) in [6.07, 6.45) is 3.73. The lowest BCUT2D eigenvalue weighted by Gasteiger charge is -2.26. The van der Waals surface area contributed by atoms with Gasteiger partial charge in [-0.05, 0) is 25.2 Å². The number of aromatic nitrogens is 2. The van der Waals surface area contributed by atoms with Crippen molar-refractivity contribution in [2.24, 2.45) is 5.41 Å². The van der Waals surface area contributed by atoms with Gasteiger partial charge in [0, 0.05) is 6.04 Å². The van der Waals surface area contributed by atoms with Crippen LogP contribution < -0.4 is 5.32 Å². The molecule has 0 aromatic carbocycles. The van der Waals surface area contributed by atoms with Crippen LogP contribution in [0.1, 0.15) is 38.9 Å². The number of rotatable bonds is 2. The summed E-state index contributed by atoms with van der Waals surface area (Å²) >= 11 is 0. The zero-order valence-electron chi connectivity index (χ0n) is 9.00. The van der Waals surface area contributed by atoms with Crippen molar-refractivity contribution in [1.82, 2.24) is 10.1 Å². The molecule has 0 spiro atoms. The Labute approximate surface area is 84.1 Å². The Balaban J connectivity index is 2.04. The Morgan fingerprint density at radius 2 is 2.29 bits per heavy atom. The van der Waals surface area contributed by atoms with E-state index in [0.29, 0.717) is 23.3 Å². The Hall–Kier alpha value is -1.06. The molecular weight excluding hydrogens is 178 g/mol. The summed E-state index contributed by atoms with van der Waals surface area (Å²) in [5, 5.41) is 7.07. The van der Waals surface area contributed by atoms with Gasteiger partial charge in [0.1, 0.15) is 0 Å². The third-order valence-corrected chi connectivity index (χ3v) is 3.08. The third kappa shape index (κ3) is 1.74. The minimum atomic E-state index is 0.336. The number of nitrogens with one attached hydrogen (secondary N) is 1. The minimum absolute atomic E-state index is 0.336. The molecule has 1 N–H and O–H groups in total. The number of anilines is 1. The molecule has 78 valence electrons.